The number of rotatable bonds is 4. The first-order valence-corrected chi connectivity index (χ1v) is 6.40. The Hall–Kier alpha value is -1.37. The molecular weight excluding hydrogens is 290 g/mol. The van der Waals surface area contributed by atoms with Gasteiger partial charge in [0.25, 0.3) is 5.91 Å². The summed E-state index contributed by atoms with van der Waals surface area (Å²) in [6, 6.07) is 2.71. The average molecular weight is 302 g/mol. The normalized spacial score (nSPS) is 17.2. The second kappa shape index (κ2) is 4.48. The fraction of sp³-hybridized carbons (Fsp3) is 0.500. The highest BCUT2D eigenvalue weighted by atomic mass is 79.9. The fourth-order valence-electron chi connectivity index (χ4n) is 1.83. The Kier molecular flexibility index (Phi) is 3.19. The minimum atomic E-state index is -0.555. The van der Waals surface area contributed by atoms with Gasteiger partial charge in [0.1, 0.15) is 0 Å². The molecule has 1 aromatic heterocycles. The third-order valence-electron chi connectivity index (χ3n) is 3.06. The summed E-state index contributed by atoms with van der Waals surface area (Å²) in [5.41, 5.74) is 0.0423. The van der Waals surface area contributed by atoms with Gasteiger partial charge in [-0.15, -0.1) is 0 Å². The van der Waals surface area contributed by atoms with Crippen LogP contribution in [0.5, 0.6) is 0 Å². The molecule has 1 fully saturated rings. The molecule has 7 heteroatoms. The number of halogens is 1. The monoisotopic (exact) mass is 301 g/mol. The maximum absolute atomic E-state index is 11.9. The van der Waals surface area contributed by atoms with E-state index in [1.165, 1.54) is 12.1 Å². The molecule has 0 unspecified atom stereocenters. The van der Waals surface area contributed by atoms with Crippen LogP contribution in [0.15, 0.2) is 12.1 Å². The van der Waals surface area contributed by atoms with E-state index in [2.05, 4.69) is 26.2 Å². The molecule has 0 aliphatic heterocycles. The van der Waals surface area contributed by atoms with Crippen molar-refractivity contribution < 1.29 is 9.72 Å². The number of alkyl halides is 1. The molecule has 0 saturated heterocycles. The van der Waals surface area contributed by atoms with Crippen LogP contribution in [-0.2, 0) is 0 Å². The number of nitro groups is 1. The first-order valence-electron chi connectivity index (χ1n) is 5.28. The smallest absolute Gasteiger partial charge is 0.321 e. The molecule has 6 nitrogen and oxygen atoms in total. The number of H-pyrrole nitrogens is 1. The quantitative estimate of drug-likeness (QED) is 0.506. The van der Waals surface area contributed by atoms with Crippen molar-refractivity contribution in [1.82, 2.24) is 10.3 Å². The summed E-state index contributed by atoms with van der Waals surface area (Å²) in [4.78, 5) is 24.3. The zero-order valence-corrected chi connectivity index (χ0v) is 10.6. The molecule has 0 radical (unpaired) electrons. The van der Waals surface area contributed by atoms with Crippen molar-refractivity contribution in [2.75, 3.05) is 5.33 Å². The largest absolute Gasteiger partial charge is 0.358 e. The molecule has 1 aliphatic rings. The molecule has 1 aliphatic carbocycles. The Bertz CT molecular complexity index is 448. The molecule has 0 bridgehead atoms. The number of carbonyl (C=O) groups excluding carboxylic acids is 1. The van der Waals surface area contributed by atoms with Crippen LogP contribution in [0.3, 0.4) is 0 Å². The summed E-state index contributed by atoms with van der Waals surface area (Å²) in [5, 5.41) is 14.1. The van der Waals surface area contributed by atoms with E-state index in [1.54, 1.807) is 0 Å². The number of aromatic nitrogens is 1. The Morgan fingerprint density at radius 3 is 2.71 bits per heavy atom. The SMILES string of the molecule is O=C(NC1(CBr)CCC1)c1ccc([N+](=O)[O-])[nH]1. The van der Waals surface area contributed by atoms with Crippen molar-refractivity contribution in [2.45, 2.75) is 24.8 Å². The summed E-state index contributed by atoms with van der Waals surface area (Å²) in [6.45, 7) is 0. The molecule has 17 heavy (non-hydrogen) atoms. The maximum atomic E-state index is 11.9. The van der Waals surface area contributed by atoms with Crippen LogP contribution in [0.25, 0.3) is 0 Å². The van der Waals surface area contributed by atoms with Crippen LogP contribution >= 0.6 is 15.9 Å². The van der Waals surface area contributed by atoms with Gasteiger partial charge < -0.3 is 15.4 Å². The molecule has 2 N–H and O–H groups in total. The highest BCUT2D eigenvalue weighted by Gasteiger charge is 2.38. The highest BCUT2D eigenvalue weighted by molar-refractivity contribution is 9.09. The van der Waals surface area contributed by atoms with Gasteiger partial charge in [0.05, 0.1) is 5.54 Å². The minimum Gasteiger partial charge on any atom is -0.358 e. The minimum absolute atomic E-state index is 0.170. The lowest BCUT2D eigenvalue weighted by molar-refractivity contribution is -0.389. The van der Waals surface area contributed by atoms with Crippen LogP contribution in [0.1, 0.15) is 29.8 Å². The van der Waals surface area contributed by atoms with Crippen molar-refractivity contribution in [3.05, 3.63) is 27.9 Å². The van der Waals surface area contributed by atoms with Crippen molar-refractivity contribution in [3.8, 4) is 0 Å². The summed E-state index contributed by atoms with van der Waals surface area (Å²) in [7, 11) is 0. The van der Waals surface area contributed by atoms with Gasteiger partial charge in [-0.25, -0.2) is 4.98 Å². The van der Waals surface area contributed by atoms with Gasteiger partial charge in [-0.3, -0.25) is 4.79 Å². The second-order valence-corrected chi connectivity index (χ2v) is 4.80. The van der Waals surface area contributed by atoms with Crippen molar-refractivity contribution in [3.63, 3.8) is 0 Å². The van der Waals surface area contributed by atoms with Crippen LogP contribution in [0.4, 0.5) is 5.82 Å². The van der Waals surface area contributed by atoms with Gasteiger partial charge in [-0.05, 0) is 30.3 Å². The van der Waals surface area contributed by atoms with Gasteiger partial charge in [-0.2, -0.15) is 0 Å². The standard InChI is InChI=1S/C10H12BrN3O3/c11-6-10(4-1-5-10)13-9(15)7-2-3-8(12-7)14(16)17/h2-3,12H,1,4-6H2,(H,13,15). The van der Waals surface area contributed by atoms with Gasteiger partial charge in [0.15, 0.2) is 5.69 Å². The molecule has 2 rings (SSSR count). The van der Waals surface area contributed by atoms with E-state index in [1.807, 2.05) is 0 Å². The van der Waals surface area contributed by atoms with Crippen molar-refractivity contribution in [1.29, 1.82) is 0 Å². The zero-order valence-electron chi connectivity index (χ0n) is 9.03. The number of aromatic amines is 1. The summed E-state index contributed by atoms with van der Waals surface area (Å²) >= 11 is 3.38. The molecule has 1 aromatic rings. The van der Waals surface area contributed by atoms with Crippen LogP contribution in [0, 0.1) is 10.1 Å². The molecule has 1 heterocycles. The number of hydrogen-bond acceptors (Lipinski definition) is 3. The topological polar surface area (TPSA) is 88.0 Å². The predicted octanol–water partition coefficient (Wildman–Crippen LogP) is 1.97. The third-order valence-corrected chi connectivity index (χ3v) is 4.13. The number of carbonyl (C=O) groups is 1. The fourth-order valence-corrected chi connectivity index (χ4v) is 2.53. The van der Waals surface area contributed by atoms with Gasteiger partial charge in [0.2, 0.25) is 0 Å². The first-order chi connectivity index (χ1) is 8.06. The van der Waals surface area contributed by atoms with Gasteiger partial charge >= 0.3 is 5.82 Å². The van der Waals surface area contributed by atoms with Crippen molar-refractivity contribution >= 4 is 27.7 Å². The van der Waals surface area contributed by atoms with E-state index in [0.717, 1.165) is 19.3 Å². The second-order valence-electron chi connectivity index (χ2n) is 4.24. The van der Waals surface area contributed by atoms with Crippen LogP contribution in [0.2, 0.25) is 0 Å². The number of nitrogens with zero attached hydrogens (tertiary/aromatic N) is 1. The molecular formula is C10H12BrN3O3. The molecule has 1 saturated carbocycles. The predicted molar refractivity (Wildman–Crippen MR) is 65.3 cm³/mol. The summed E-state index contributed by atoms with van der Waals surface area (Å²) in [5.74, 6) is -0.464. The van der Waals surface area contributed by atoms with E-state index in [4.69, 9.17) is 0 Å². The van der Waals surface area contributed by atoms with Gasteiger partial charge in [-0.1, -0.05) is 15.9 Å². The van der Waals surface area contributed by atoms with E-state index >= 15 is 0 Å². The zero-order chi connectivity index (χ0) is 12.5. The van der Waals surface area contributed by atoms with Crippen LogP contribution in [-0.4, -0.2) is 26.7 Å². The first kappa shape index (κ1) is 12.1. The average Bonchev–Trinajstić information content (AvgIpc) is 2.72. The molecule has 0 aromatic carbocycles. The van der Waals surface area contributed by atoms with E-state index < -0.39 is 4.92 Å². The molecule has 92 valence electrons. The van der Waals surface area contributed by atoms with Gasteiger partial charge in [0, 0.05) is 11.4 Å². The van der Waals surface area contributed by atoms with E-state index in [-0.39, 0.29) is 23.0 Å². The lowest BCUT2D eigenvalue weighted by atomic mass is 9.78. The number of hydrogen-bond donors (Lipinski definition) is 2. The Morgan fingerprint density at radius 2 is 2.29 bits per heavy atom. The molecule has 0 spiro atoms. The molecule has 1 amide bonds. The van der Waals surface area contributed by atoms with E-state index in [9.17, 15) is 14.9 Å². The lowest BCUT2D eigenvalue weighted by Crippen LogP contribution is -2.54. The third kappa shape index (κ3) is 2.33. The summed E-state index contributed by atoms with van der Waals surface area (Å²) < 4.78 is 0. The number of nitrogens with one attached hydrogen (secondary N) is 2. The van der Waals surface area contributed by atoms with Crippen molar-refractivity contribution in [2.24, 2.45) is 0 Å². The summed E-state index contributed by atoms with van der Waals surface area (Å²) in [6.07, 6.45) is 2.97. The Labute approximate surface area is 106 Å². The lowest BCUT2D eigenvalue weighted by Gasteiger charge is -2.40. The highest BCUT2D eigenvalue weighted by Crippen LogP contribution is 2.33. The van der Waals surface area contributed by atoms with E-state index in [0.29, 0.717) is 5.33 Å². The molecule has 0 atom stereocenters. The number of amides is 1. The Morgan fingerprint density at radius 1 is 1.59 bits per heavy atom. The van der Waals surface area contributed by atoms with Crippen LogP contribution < -0.4 is 5.32 Å². The Balaban J connectivity index is 2.06. The maximum Gasteiger partial charge on any atom is 0.321 e.